The molecular formula is C26H27FN4O3. The van der Waals surface area contributed by atoms with Crippen LogP contribution in [0.3, 0.4) is 0 Å². The molecule has 3 aromatic rings. The number of primary amides is 1. The molecule has 1 aliphatic carbocycles. The maximum absolute atomic E-state index is 13.6. The van der Waals surface area contributed by atoms with Crippen LogP contribution in [0.4, 0.5) is 10.1 Å². The number of carbonyl (C=O) groups excluding carboxylic acids is 2. The first-order chi connectivity index (χ1) is 16.2. The molecule has 1 heterocycles. The maximum atomic E-state index is 13.6. The molecule has 1 aromatic heterocycles. The van der Waals surface area contributed by atoms with Crippen molar-refractivity contribution in [1.29, 1.82) is 0 Å². The molecule has 7 nitrogen and oxygen atoms in total. The molecule has 4 rings (SSSR count). The van der Waals surface area contributed by atoms with E-state index in [1.54, 1.807) is 25.1 Å². The zero-order valence-electron chi connectivity index (χ0n) is 19.1. The van der Waals surface area contributed by atoms with Crippen molar-refractivity contribution in [2.75, 3.05) is 5.32 Å². The van der Waals surface area contributed by atoms with Crippen molar-refractivity contribution in [3.05, 3.63) is 82.4 Å². The first-order valence-corrected chi connectivity index (χ1v) is 11.1. The third-order valence-corrected chi connectivity index (χ3v) is 5.83. The van der Waals surface area contributed by atoms with E-state index in [4.69, 9.17) is 16.2 Å². The number of nitrogens with zero attached hydrogens (tertiary/aromatic N) is 1. The van der Waals surface area contributed by atoms with Crippen molar-refractivity contribution in [2.45, 2.75) is 45.1 Å². The number of aryl methyl sites for hydroxylation is 2. The summed E-state index contributed by atoms with van der Waals surface area (Å²) in [7, 11) is 0. The molecule has 0 radical (unpaired) electrons. The van der Waals surface area contributed by atoms with Crippen molar-refractivity contribution in [1.82, 2.24) is 4.98 Å². The molecule has 1 saturated carbocycles. The van der Waals surface area contributed by atoms with Crippen molar-refractivity contribution in [3.8, 4) is 11.5 Å². The lowest BCUT2D eigenvalue weighted by atomic mass is 9.99. The number of carbonyl (C=O) groups is 2. The molecule has 176 valence electrons. The third-order valence-electron chi connectivity index (χ3n) is 5.83. The number of halogens is 1. The first kappa shape index (κ1) is 23.4. The van der Waals surface area contributed by atoms with Crippen LogP contribution < -0.4 is 21.5 Å². The monoisotopic (exact) mass is 462 g/mol. The summed E-state index contributed by atoms with van der Waals surface area (Å²) in [5.74, 6) is 0.0782. The molecule has 5 N–H and O–H groups in total. The van der Waals surface area contributed by atoms with Gasteiger partial charge in [0.2, 0.25) is 5.91 Å². The number of anilines is 1. The fraction of sp³-hybridized carbons (Fsp3) is 0.269. The van der Waals surface area contributed by atoms with Gasteiger partial charge >= 0.3 is 0 Å². The van der Waals surface area contributed by atoms with Gasteiger partial charge in [-0.2, -0.15) is 0 Å². The van der Waals surface area contributed by atoms with Crippen molar-refractivity contribution >= 4 is 17.5 Å². The molecular weight excluding hydrogens is 435 g/mol. The van der Waals surface area contributed by atoms with Gasteiger partial charge in [0, 0.05) is 18.3 Å². The number of aromatic nitrogens is 1. The summed E-state index contributed by atoms with van der Waals surface area (Å²) in [6, 6.07) is 10.6. The van der Waals surface area contributed by atoms with Gasteiger partial charge in [0.15, 0.2) is 0 Å². The van der Waals surface area contributed by atoms with E-state index in [1.807, 2.05) is 19.1 Å². The van der Waals surface area contributed by atoms with Crippen LogP contribution in [0, 0.1) is 19.7 Å². The molecule has 2 amide bonds. The van der Waals surface area contributed by atoms with Gasteiger partial charge in [-0.15, -0.1) is 0 Å². The number of nitrogens with two attached hydrogens (primary N) is 2. The summed E-state index contributed by atoms with van der Waals surface area (Å²) in [4.78, 5) is 28.7. The molecule has 8 heteroatoms. The molecule has 2 aromatic carbocycles. The highest BCUT2D eigenvalue weighted by atomic mass is 19.1. The van der Waals surface area contributed by atoms with Gasteiger partial charge in [-0.25, -0.2) is 4.39 Å². The van der Waals surface area contributed by atoms with Gasteiger partial charge in [0.1, 0.15) is 17.3 Å². The van der Waals surface area contributed by atoms with Gasteiger partial charge in [0.25, 0.3) is 5.91 Å². The van der Waals surface area contributed by atoms with E-state index >= 15 is 0 Å². The quantitative estimate of drug-likeness (QED) is 0.451. The van der Waals surface area contributed by atoms with Crippen molar-refractivity contribution in [3.63, 3.8) is 0 Å². The predicted octanol–water partition coefficient (Wildman–Crippen LogP) is 4.63. The number of ether oxygens (including phenoxy) is 1. The van der Waals surface area contributed by atoms with Crippen LogP contribution >= 0.6 is 0 Å². The van der Waals surface area contributed by atoms with Crippen molar-refractivity contribution < 1.29 is 18.7 Å². The summed E-state index contributed by atoms with van der Waals surface area (Å²) < 4.78 is 19.7. The van der Waals surface area contributed by atoms with E-state index in [-0.39, 0.29) is 18.1 Å². The maximum Gasteiger partial charge on any atom is 0.259 e. The standard InChI is InChI=1S/C26H27FN4O3/c1-14-10-20(26(33)31-18-7-8-30-22(11-18)21(28)13-25(29)32)24(12-19(14)16-3-4-16)34-23-6-5-17(27)9-15(23)2/h5-12,16,21H,3-4,13,28H2,1-2H3,(H2,29,32)(H,30,31,33). The fourth-order valence-corrected chi connectivity index (χ4v) is 3.89. The Kier molecular flexibility index (Phi) is 6.61. The Morgan fingerprint density at radius 1 is 1.12 bits per heavy atom. The van der Waals surface area contributed by atoms with Gasteiger partial charge in [-0.05, 0) is 91.8 Å². The van der Waals surface area contributed by atoms with E-state index in [2.05, 4.69) is 10.3 Å². The second kappa shape index (κ2) is 9.61. The Bertz CT molecular complexity index is 1260. The highest BCUT2D eigenvalue weighted by Gasteiger charge is 2.28. The SMILES string of the molecule is Cc1cc(F)ccc1Oc1cc(C2CC2)c(C)cc1C(=O)Nc1ccnc(C(N)CC(N)=O)c1. The number of hydrogen-bond donors (Lipinski definition) is 3. The highest BCUT2D eigenvalue weighted by molar-refractivity contribution is 6.06. The van der Waals surface area contributed by atoms with E-state index in [1.165, 1.54) is 18.3 Å². The molecule has 0 saturated heterocycles. The summed E-state index contributed by atoms with van der Waals surface area (Å²) in [6.45, 7) is 3.73. The van der Waals surface area contributed by atoms with E-state index < -0.39 is 11.9 Å². The average molecular weight is 463 g/mol. The molecule has 1 atom stereocenters. The summed E-state index contributed by atoms with van der Waals surface area (Å²) in [5.41, 5.74) is 15.3. The minimum atomic E-state index is -0.672. The largest absolute Gasteiger partial charge is 0.456 e. The Morgan fingerprint density at radius 3 is 2.56 bits per heavy atom. The molecule has 0 bridgehead atoms. The Hall–Kier alpha value is -3.78. The van der Waals surface area contributed by atoms with Crippen LogP contribution in [0.2, 0.25) is 0 Å². The zero-order chi connectivity index (χ0) is 24.4. The number of hydrogen-bond acceptors (Lipinski definition) is 5. The normalized spacial score (nSPS) is 13.9. The van der Waals surface area contributed by atoms with Gasteiger partial charge in [0.05, 0.1) is 17.3 Å². The molecule has 0 aliphatic heterocycles. The van der Waals surface area contributed by atoms with Crippen LogP contribution in [0.25, 0.3) is 0 Å². The van der Waals surface area contributed by atoms with E-state index in [0.717, 1.165) is 24.0 Å². The molecule has 34 heavy (non-hydrogen) atoms. The Labute approximate surface area is 197 Å². The molecule has 0 spiro atoms. The number of rotatable bonds is 8. The molecule has 1 aliphatic rings. The second-order valence-electron chi connectivity index (χ2n) is 8.69. The van der Waals surface area contributed by atoms with Crippen LogP contribution in [-0.4, -0.2) is 16.8 Å². The molecule has 1 unspecified atom stereocenters. The lowest BCUT2D eigenvalue weighted by Gasteiger charge is -2.17. The van der Waals surface area contributed by atoms with Crippen molar-refractivity contribution in [2.24, 2.45) is 11.5 Å². The first-order valence-electron chi connectivity index (χ1n) is 11.1. The summed E-state index contributed by atoms with van der Waals surface area (Å²) >= 11 is 0. The van der Waals surface area contributed by atoms with Crippen LogP contribution in [0.5, 0.6) is 11.5 Å². The van der Waals surface area contributed by atoms with Gasteiger partial charge in [-0.1, -0.05) is 0 Å². The average Bonchev–Trinajstić information content (AvgIpc) is 3.61. The number of nitrogens with one attached hydrogen (secondary N) is 1. The Morgan fingerprint density at radius 2 is 1.88 bits per heavy atom. The lowest BCUT2D eigenvalue weighted by Crippen LogP contribution is -2.22. The van der Waals surface area contributed by atoms with Gasteiger partial charge in [-0.3, -0.25) is 14.6 Å². The van der Waals surface area contributed by atoms with E-state index in [9.17, 15) is 14.0 Å². The van der Waals surface area contributed by atoms with Gasteiger partial charge < -0.3 is 21.5 Å². The highest BCUT2D eigenvalue weighted by Crippen LogP contribution is 2.44. The predicted molar refractivity (Wildman–Crippen MR) is 127 cm³/mol. The fourth-order valence-electron chi connectivity index (χ4n) is 3.89. The topological polar surface area (TPSA) is 120 Å². The summed E-state index contributed by atoms with van der Waals surface area (Å²) in [5, 5.41) is 2.86. The smallest absolute Gasteiger partial charge is 0.259 e. The minimum absolute atomic E-state index is 0.0543. The zero-order valence-corrected chi connectivity index (χ0v) is 19.1. The third kappa shape index (κ3) is 5.40. The Balaban J connectivity index is 1.64. The van der Waals surface area contributed by atoms with Crippen LogP contribution in [-0.2, 0) is 4.79 Å². The summed E-state index contributed by atoms with van der Waals surface area (Å²) in [6.07, 6.45) is 3.66. The molecule has 1 fully saturated rings. The van der Waals surface area contributed by atoms with E-state index in [0.29, 0.717) is 39.9 Å². The number of pyridine rings is 1. The second-order valence-corrected chi connectivity index (χ2v) is 8.69. The lowest BCUT2D eigenvalue weighted by molar-refractivity contribution is -0.118. The van der Waals surface area contributed by atoms with Crippen LogP contribution in [0.1, 0.15) is 64.0 Å². The van der Waals surface area contributed by atoms with Crippen LogP contribution in [0.15, 0.2) is 48.7 Å². The minimum Gasteiger partial charge on any atom is -0.456 e. The number of benzene rings is 2. The number of amides is 2.